The van der Waals surface area contributed by atoms with Crippen LogP contribution < -0.4 is 0 Å². The Morgan fingerprint density at radius 2 is 2.12 bits per heavy atom. The van der Waals surface area contributed by atoms with Crippen molar-refractivity contribution in [3.05, 3.63) is 34.9 Å². The number of hydrogen-bond acceptors (Lipinski definition) is 5. The molecule has 0 saturated heterocycles. The lowest BCUT2D eigenvalue weighted by Gasteiger charge is -2.13. The third kappa shape index (κ3) is 2.81. The summed E-state index contributed by atoms with van der Waals surface area (Å²) >= 11 is 0. The Hall–Kier alpha value is -1.90. The predicted octanol–water partition coefficient (Wildman–Crippen LogP) is 0.700. The summed E-state index contributed by atoms with van der Waals surface area (Å²) in [5.41, 5.74) is 1.29. The molecule has 0 fully saturated rings. The molecule has 0 aromatic heterocycles. The van der Waals surface area contributed by atoms with Gasteiger partial charge in [-0.25, -0.2) is 4.79 Å². The first-order chi connectivity index (χ1) is 8.01. The van der Waals surface area contributed by atoms with Gasteiger partial charge in [0.2, 0.25) is 0 Å². The highest BCUT2D eigenvalue weighted by atomic mass is 16.5. The monoisotopic (exact) mass is 235 g/mol. The van der Waals surface area contributed by atoms with E-state index in [-0.39, 0.29) is 0 Å². The first-order valence-electron chi connectivity index (χ1n) is 4.96. The Bertz CT molecular complexity index is 464. The van der Waals surface area contributed by atoms with Gasteiger partial charge in [0.15, 0.2) is 6.10 Å². The van der Waals surface area contributed by atoms with Crippen molar-refractivity contribution in [1.82, 2.24) is 0 Å². The molecule has 0 aliphatic carbocycles. The number of nitrogens with zero attached hydrogens (tertiary/aromatic N) is 1. The number of aliphatic hydroxyl groups is 2. The van der Waals surface area contributed by atoms with Crippen LogP contribution in [0.5, 0.6) is 0 Å². The summed E-state index contributed by atoms with van der Waals surface area (Å²) in [7, 11) is 1.26. The third-order valence-corrected chi connectivity index (χ3v) is 2.44. The number of aryl methyl sites for hydroxylation is 1. The average molecular weight is 235 g/mol. The summed E-state index contributed by atoms with van der Waals surface area (Å²) in [6, 6.07) is 6.11. The lowest BCUT2D eigenvalue weighted by atomic mass is 9.99. The molecule has 2 N–H and O–H groups in total. The SMILES string of the molecule is COC(=O)c1cc(C(O)C(O)C#N)ccc1C. The minimum absolute atomic E-state index is 0.296. The highest BCUT2D eigenvalue weighted by molar-refractivity contribution is 5.91. The van der Waals surface area contributed by atoms with Crippen molar-refractivity contribution in [3.8, 4) is 6.07 Å². The van der Waals surface area contributed by atoms with E-state index in [1.54, 1.807) is 19.1 Å². The van der Waals surface area contributed by atoms with Gasteiger partial charge in [0, 0.05) is 0 Å². The lowest BCUT2D eigenvalue weighted by molar-refractivity contribution is 0.0522. The molecule has 0 heterocycles. The molecule has 2 unspecified atom stereocenters. The number of hydrogen-bond donors (Lipinski definition) is 2. The Morgan fingerprint density at radius 3 is 2.65 bits per heavy atom. The predicted molar refractivity (Wildman–Crippen MR) is 59.1 cm³/mol. The van der Waals surface area contributed by atoms with Crippen LogP contribution in [-0.4, -0.2) is 29.4 Å². The number of esters is 1. The number of nitriles is 1. The van der Waals surface area contributed by atoms with Crippen LogP contribution in [0.15, 0.2) is 18.2 Å². The molecule has 0 spiro atoms. The molecule has 2 atom stereocenters. The van der Waals surface area contributed by atoms with E-state index in [9.17, 15) is 15.0 Å². The van der Waals surface area contributed by atoms with E-state index in [1.807, 2.05) is 0 Å². The van der Waals surface area contributed by atoms with Crippen molar-refractivity contribution < 1.29 is 19.7 Å². The van der Waals surface area contributed by atoms with E-state index in [1.165, 1.54) is 19.2 Å². The Balaban J connectivity index is 3.13. The van der Waals surface area contributed by atoms with Gasteiger partial charge in [-0.2, -0.15) is 5.26 Å². The average Bonchev–Trinajstić information content (AvgIpc) is 2.36. The second kappa shape index (κ2) is 5.43. The van der Waals surface area contributed by atoms with Gasteiger partial charge in [-0.1, -0.05) is 12.1 Å². The molecule has 5 nitrogen and oxygen atoms in total. The fraction of sp³-hybridized carbons (Fsp3) is 0.333. The van der Waals surface area contributed by atoms with Crippen LogP contribution in [0.3, 0.4) is 0 Å². The molecule has 0 aliphatic rings. The van der Waals surface area contributed by atoms with Gasteiger partial charge in [0.25, 0.3) is 0 Å². The van der Waals surface area contributed by atoms with Crippen LogP contribution >= 0.6 is 0 Å². The van der Waals surface area contributed by atoms with Gasteiger partial charge in [0.05, 0.1) is 18.7 Å². The normalized spacial score (nSPS) is 13.6. The van der Waals surface area contributed by atoms with Gasteiger partial charge in [-0.05, 0) is 24.1 Å². The number of ether oxygens (including phenoxy) is 1. The zero-order valence-corrected chi connectivity index (χ0v) is 9.54. The van der Waals surface area contributed by atoms with E-state index in [2.05, 4.69) is 4.74 Å². The standard InChI is InChI=1S/C12H13NO4/c1-7-3-4-8(11(15)10(14)6-13)5-9(7)12(16)17-2/h3-5,10-11,14-15H,1-2H3. The largest absolute Gasteiger partial charge is 0.465 e. The van der Waals surface area contributed by atoms with Crippen LogP contribution in [0, 0.1) is 18.3 Å². The first kappa shape index (κ1) is 13.2. The summed E-state index contributed by atoms with van der Waals surface area (Å²) in [6.07, 6.45) is -2.87. The first-order valence-corrected chi connectivity index (χ1v) is 4.96. The van der Waals surface area contributed by atoms with Crippen molar-refractivity contribution in [3.63, 3.8) is 0 Å². The number of benzene rings is 1. The molecule has 5 heteroatoms. The van der Waals surface area contributed by atoms with Gasteiger partial charge in [-0.3, -0.25) is 0 Å². The van der Waals surface area contributed by atoms with E-state index >= 15 is 0 Å². The maximum Gasteiger partial charge on any atom is 0.338 e. The Labute approximate surface area is 98.9 Å². The van der Waals surface area contributed by atoms with Crippen molar-refractivity contribution >= 4 is 5.97 Å². The molecule has 1 rings (SSSR count). The van der Waals surface area contributed by atoms with Crippen molar-refractivity contribution in [2.45, 2.75) is 19.1 Å². The summed E-state index contributed by atoms with van der Waals surface area (Å²) in [6.45, 7) is 1.73. The zero-order valence-electron chi connectivity index (χ0n) is 9.54. The fourth-order valence-corrected chi connectivity index (χ4v) is 1.41. The zero-order chi connectivity index (χ0) is 13.0. The lowest BCUT2D eigenvalue weighted by Crippen LogP contribution is -2.16. The number of carbonyl (C=O) groups is 1. The van der Waals surface area contributed by atoms with E-state index in [0.717, 1.165) is 0 Å². The molecule has 90 valence electrons. The fourth-order valence-electron chi connectivity index (χ4n) is 1.41. The Kier molecular flexibility index (Phi) is 4.21. The minimum atomic E-state index is -1.52. The molecular formula is C12H13NO4. The Morgan fingerprint density at radius 1 is 1.47 bits per heavy atom. The third-order valence-electron chi connectivity index (χ3n) is 2.44. The number of aliphatic hydroxyl groups excluding tert-OH is 2. The van der Waals surface area contributed by atoms with Gasteiger partial charge in [-0.15, -0.1) is 0 Å². The van der Waals surface area contributed by atoms with E-state index < -0.39 is 18.2 Å². The quantitative estimate of drug-likeness (QED) is 0.594. The molecule has 0 saturated carbocycles. The van der Waals surface area contributed by atoms with E-state index in [4.69, 9.17) is 5.26 Å². The molecular weight excluding hydrogens is 222 g/mol. The molecule has 0 radical (unpaired) electrons. The van der Waals surface area contributed by atoms with Crippen LogP contribution in [-0.2, 0) is 4.74 Å². The van der Waals surface area contributed by atoms with Crippen molar-refractivity contribution in [1.29, 1.82) is 5.26 Å². The maximum atomic E-state index is 11.4. The van der Waals surface area contributed by atoms with Crippen molar-refractivity contribution in [2.24, 2.45) is 0 Å². The molecule has 1 aromatic carbocycles. The van der Waals surface area contributed by atoms with Gasteiger partial charge < -0.3 is 14.9 Å². The summed E-state index contributed by atoms with van der Waals surface area (Å²) in [5, 5.41) is 27.3. The molecule has 0 bridgehead atoms. The molecule has 17 heavy (non-hydrogen) atoms. The van der Waals surface area contributed by atoms with Crippen LogP contribution in [0.2, 0.25) is 0 Å². The molecule has 1 aromatic rings. The summed E-state index contributed by atoms with van der Waals surface area (Å²) < 4.78 is 4.59. The number of rotatable bonds is 3. The molecule has 0 amide bonds. The minimum Gasteiger partial charge on any atom is -0.465 e. The smallest absolute Gasteiger partial charge is 0.338 e. The van der Waals surface area contributed by atoms with Crippen LogP contribution in [0.25, 0.3) is 0 Å². The second-order valence-corrected chi connectivity index (χ2v) is 3.58. The van der Waals surface area contributed by atoms with Gasteiger partial charge >= 0.3 is 5.97 Å². The molecule has 0 aliphatic heterocycles. The highest BCUT2D eigenvalue weighted by Crippen LogP contribution is 2.20. The van der Waals surface area contributed by atoms with Crippen LogP contribution in [0.4, 0.5) is 0 Å². The second-order valence-electron chi connectivity index (χ2n) is 3.58. The highest BCUT2D eigenvalue weighted by Gasteiger charge is 2.20. The number of methoxy groups -OCH3 is 1. The topological polar surface area (TPSA) is 90.6 Å². The van der Waals surface area contributed by atoms with Crippen LogP contribution in [0.1, 0.15) is 27.6 Å². The van der Waals surface area contributed by atoms with Crippen molar-refractivity contribution in [2.75, 3.05) is 7.11 Å². The van der Waals surface area contributed by atoms with Gasteiger partial charge in [0.1, 0.15) is 6.10 Å². The maximum absolute atomic E-state index is 11.4. The van der Waals surface area contributed by atoms with E-state index in [0.29, 0.717) is 16.7 Å². The summed E-state index contributed by atoms with van der Waals surface area (Å²) in [5.74, 6) is -0.525. The summed E-state index contributed by atoms with van der Waals surface area (Å²) in [4.78, 5) is 11.4. The number of carbonyl (C=O) groups excluding carboxylic acids is 1.